The highest BCUT2D eigenvalue weighted by Gasteiger charge is 2.18. The SMILES string of the molecule is CCC(C)(O)CNC(=O)CSc1ccc(Br)cc1. The molecule has 1 aromatic rings. The minimum Gasteiger partial charge on any atom is -0.388 e. The van der Waals surface area contributed by atoms with Crippen molar-refractivity contribution in [2.24, 2.45) is 0 Å². The van der Waals surface area contributed by atoms with Crippen LogP contribution in [0.1, 0.15) is 20.3 Å². The van der Waals surface area contributed by atoms with E-state index in [1.165, 1.54) is 11.8 Å². The topological polar surface area (TPSA) is 49.3 Å². The highest BCUT2D eigenvalue weighted by molar-refractivity contribution is 9.10. The summed E-state index contributed by atoms with van der Waals surface area (Å²) in [6, 6.07) is 7.82. The van der Waals surface area contributed by atoms with Gasteiger partial charge in [-0.15, -0.1) is 11.8 Å². The second-order valence-corrected chi connectivity index (χ2v) is 6.33. The molecule has 5 heteroatoms. The van der Waals surface area contributed by atoms with Crippen molar-refractivity contribution in [1.29, 1.82) is 0 Å². The second-order valence-electron chi connectivity index (χ2n) is 4.37. The molecule has 18 heavy (non-hydrogen) atoms. The fraction of sp³-hybridized carbons (Fsp3) is 0.462. The number of halogens is 1. The summed E-state index contributed by atoms with van der Waals surface area (Å²) in [6.07, 6.45) is 0.618. The molecule has 0 saturated heterocycles. The van der Waals surface area contributed by atoms with E-state index in [1.807, 2.05) is 31.2 Å². The number of amides is 1. The summed E-state index contributed by atoms with van der Waals surface area (Å²) in [5.74, 6) is 0.304. The van der Waals surface area contributed by atoms with Gasteiger partial charge >= 0.3 is 0 Å². The van der Waals surface area contributed by atoms with E-state index in [4.69, 9.17) is 0 Å². The molecule has 2 N–H and O–H groups in total. The summed E-state index contributed by atoms with van der Waals surface area (Å²) < 4.78 is 1.02. The second kappa shape index (κ2) is 7.16. The Morgan fingerprint density at radius 1 is 1.44 bits per heavy atom. The van der Waals surface area contributed by atoms with Crippen LogP contribution in [-0.4, -0.2) is 28.9 Å². The molecule has 0 aliphatic heterocycles. The average Bonchev–Trinajstić information content (AvgIpc) is 2.36. The van der Waals surface area contributed by atoms with Crippen molar-refractivity contribution < 1.29 is 9.90 Å². The number of carbonyl (C=O) groups excluding carboxylic acids is 1. The lowest BCUT2D eigenvalue weighted by Crippen LogP contribution is -2.40. The van der Waals surface area contributed by atoms with Crippen LogP contribution in [-0.2, 0) is 4.79 Å². The zero-order chi connectivity index (χ0) is 13.6. The van der Waals surface area contributed by atoms with Gasteiger partial charge in [0.25, 0.3) is 0 Å². The summed E-state index contributed by atoms with van der Waals surface area (Å²) in [4.78, 5) is 12.6. The van der Waals surface area contributed by atoms with Crippen molar-refractivity contribution >= 4 is 33.6 Å². The quantitative estimate of drug-likeness (QED) is 0.788. The van der Waals surface area contributed by atoms with Crippen LogP contribution in [0.2, 0.25) is 0 Å². The highest BCUT2D eigenvalue weighted by Crippen LogP contribution is 2.20. The van der Waals surface area contributed by atoms with Crippen molar-refractivity contribution in [3.8, 4) is 0 Å². The maximum Gasteiger partial charge on any atom is 0.230 e. The van der Waals surface area contributed by atoms with Gasteiger partial charge in [-0.2, -0.15) is 0 Å². The van der Waals surface area contributed by atoms with Crippen LogP contribution in [0.15, 0.2) is 33.6 Å². The van der Waals surface area contributed by atoms with E-state index >= 15 is 0 Å². The zero-order valence-electron chi connectivity index (χ0n) is 10.6. The molecule has 0 fully saturated rings. The molecule has 0 saturated carbocycles. The minimum absolute atomic E-state index is 0.0587. The van der Waals surface area contributed by atoms with Gasteiger partial charge in [0.1, 0.15) is 0 Å². The van der Waals surface area contributed by atoms with E-state index in [2.05, 4.69) is 21.2 Å². The molecular weight excluding hydrogens is 314 g/mol. The van der Waals surface area contributed by atoms with Crippen LogP contribution in [0.25, 0.3) is 0 Å². The first-order valence-electron chi connectivity index (χ1n) is 5.80. The van der Waals surface area contributed by atoms with Gasteiger partial charge < -0.3 is 10.4 Å². The first kappa shape index (κ1) is 15.5. The number of carbonyl (C=O) groups is 1. The fourth-order valence-corrected chi connectivity index (χ4v) is 2.14. The molecule has 3 nitrogen and oxygen atoms in total. The molecule has 0 aromatic heterocycles. The Labute approximate surface area is 120 Å². The van der Waals surface area contributed by atoms with Gasteiger partial charge in [0.15, 0.2) is 0 Å². The standard InChI is InChI=1S/C13H18BrNO2S/c1-3-13(2,17)9-15-12(16)8-18-11-6-4-10(14)5-7-11/h4-7,17H,3,8-9H2,1-2H3,(H,15,16). The van der Waals surface area contributed by atoms with Crippen molar-refractivity contribution in [1.82, 2.24) is 5.32 Å². The molecule has 0 heterocycles. The van der Waals surface area contributed by atoms with Gasteiger partial charge in [-0.1, -0.05) is 22.9 Å². The molecule has 0 bridgehead atoms. The number of thioether (sulfide) groups is 1. The maximum absolute atomic E-state index is 11.6. The Morgan fingerprint density at radius 3 is 2.61 bits per heavy atom. The molecule has 1 amide bonds. The van der Waals surface area contributed by atoms with Crippen LogP contribution >= 0.6 is 27.7 Å². The van der Waals surface area contributed by atoms with Crippen molar-refractivity contribution in [2.75, 3.05) is 12.3 Å². The average molecular weight is 332 g/mol. The number of nitrogens with one attached hydrogen (secondary N) is 1. The highest BCUT2D eigenvalue weighted by atomic mass is 79.9. The minimum atomic E-state index is -0.821. The molecule has 0 spiro atoms. The molecule has 0 aliphatic rings. The Bertz CT molecular complexity index is 392. The molecule has 1 aromatic carbocycles. The molecular formula is C13H18BrNO2S. The normalized spacial score (nSPS) is 14.0. The molecule has 100 valence electrons. The van der Waals surface area contributed by atoms with Gasteiger partial charge in [0.05, 0.1) is 11.4 Å². The van der Waals surface area contributed by atoms with Gasteiger partial charge in [0, 0.05) is 15.9 Å². The lowest BCUT2D eigenvalue weighted by Gasteiger charge is -2.21. The maximum atomic E-state index is 11.6. The Kier molecular flexibility index (Phi) is 6.18. The van der Waals surface area contributed by atoms with Crippen LogP contribution in [0.4, 0.5) is 0 Å². The first-order chi connectivity index (χ1) is 8.43. The molecule has 1 atom stereocenters. The molecule has 0 aliphatic carbocycles. The number of rotatable bonds is 6. The number of hydrogen-bond donors (Lipinski definition) is 2. The monoisotopic (exact) mass is 331 g/mol. The number of aliphatic hydroxyl groups is 1. The smallest absolute Gasteiger partial charge is 0.230 e. The van der Waals surface area contributed by atoms with Gasteiger partial charge in [-0.3, -0.25) is 4.79 Å². The molecule has 1 rings (SSSR count). The van der Waals surface area contributed by atoms with Crippen LogP contribution in [0.5, 0.6) is 0 Å². The summed E-state index contributed by atoms with van der Waals surface area (Å²) in [5.41, 5.74) is -0.821. The van der Waals surface area contributed by atoms with Gasteiger partial charge in [-0.05, 0) is 37.6 Å². The number of hydrogen-bond acceptors (Lipinski definition) is 3. The van der Waals surface area contributed by atoms with Crippen molar-refractivity contribution in [3.63, 3.8) is 0 Å². The van der Waals surface area contributed by atoms with Crippen LogP contribution in [0.3, 0.4) is 0 Å². The zero-order valence-corrected chi connectivity index (χ0v) is 13.0. The summed E-state index contributed by atoms with van der Waals surface area (Å²) >= 11 is 4.84. The van der Waals surface area contributed by atoms with Crippen molar-refractivity contribution in [2.45, 2.75) is 30.8 Å². The first-order valence-corrected chi connectivity index (χ1v) is 7.58. The van der Waals surface area contributed by atoms with E-state index in [0.29, 0.717) is 18.7 Å². The lowest BCUT2D eigenvalue weighted by molar-refractivity contribution is -0.119. The Morgan fingerprint density at radius 2 is 2.06 bits per heavy atom. The third kappa shape index (κ3) is 5.89. The summed E-state index contributed by atoms with van der Waals surface area (Å²) in [7, 11) is 0. The van der Waals surface area contributed by atoms with E-state index in [1.54, 1.807) is 6.92 Å². The van der Waals surface area contributed by atoms with Gasteiger partial charge in [-0.25, -0.2) is 0 Å². The van der Waals surface area contributed by atoms with E-state index in [9.17, 15) is 9.90 Å². The van der Waals surface area contributed by atoms with Crippen LogP contribution < -0.4 is 5.32 Å². The Hall–Kier alpha value is -0.520. The fourth-order valence-electron chi connectivity index (χ4n) is 1.14. The molecule has 0 radical (unpaired) electrons. The van der Waals surface area contributed by atoms with Crippen LogP contribution in [0, 0.1) is 0 Å². The Balaban J connectivity index is 2.31. The van der Waals surface area contributed by atoms with E-state index < -0.39 is 5.60 Å². The number of benzene rings is 1. The third-order valence-electron chi connectivity index (χ3n) is 2.61. The van der Waals surface area contributed by atoms with Gasteiger partial charge in [0.2, 0.25) is 5.91 Å². The predicted octanol–water partition coefficient (Wildman–Crippen LogP) is 2.82. The summed E-state index contributed by atoms with van der Waals surface area (Å²) in [5, 5.41) is 12.5. The van der Waals surface area contributed by atoms with Crippen molar-refractivity contribution in [3.05, 3.63) is 28.7 Å². The lowest BCUT2D eigenvalue weighted by atomic mass is 10.0. The summed E-state index contributed by atoms with van der Waals surface area (Å²) in [6.45, 7) is 3.90. The van der Waals surface area contributed by atoms with E-state index in [0.717, 1.165) is 9.37 Å². The van der Waals surface area contributed by atoms with E-state index in [-0.39, 0.29) is 5.91 Å². The third-order valence-corrected chi connectivity index (χ3v) is 4.15. The predicted molar refractivity (Wildman–Crippen MR) is 78.8 cm³/mol. The molecule has 1 unspecified atom stereocenters. The largest absolute Gasteiger partial charge is 0.388 e.